The summed E-state index contributed by atoms with van der Waals surface area (Å²) in [7, 11) is 0. The topological polar surface area (TPSA) is 50.8 Å². The van der Waals surface area contributed by atoms with Crippen molar-refractivity contribution in [2.75, 3.05) is 6.61 Å². The first-order chi connectivity index (χ1) is 11.5. The number of nitrogens with zero attached hydrogens (tertiary/aromatic N) is 1. The van der Waals surface area contributed by atoms with Crippen LogP contribution in [0.25, 0.3) is 6.08 Å². The number of thiocarbonyl (C=S) groups is 1. The van der Waals surface area contributed by atoms with Crippen LogP contribution >= 0.6 is 12.2 Å². The van der Waals surface area contributed by atoms with E-state index in [-0.39, 0.29) is 23.4 Å². The highest BCUT2D eigenvalue weighted by Gasteiger charge is 2.41. The van der Waals surface area contributed by atoms with Crippen molar-refractivity contribution in [3.05, 3.63) is 29.5 Å². The molecule has 1 amide bonds. The summed E-state index contributed by atoms with van der Waals surface area (Å²) in [6, 6.07) is 4.70. The van der Waals surface area contributed by atoms with Gasteiger partial charge < -0.3 is 14.8 Å². The van der Waals surface area contributed by atoms with Crippen LogP contribution in [-0.4, -0.2) is 35.2 Å². The standard InChI is InChI=1S/C16H16F2N2O3S/c1-2-22-13-8-9(3-6-12(13)23-15(17)18)7-11-14(21)20(10-4-5-10)16(24)19-11/h3,6-8,10,15H,2,4-5H2,1H3,(H,19,24)/b11-7+. The predicted molar refractivity (Wildman–Crippen MR) is 87.8 cm³/mol. The molecular weight excluding hydrogens is 338 g/mol. The van der Waals surface area contributed by atoms with Crippen LogP contribution in [0.15, 0.2) is 23.9 Å². The summed E-state index contributed by atoms with van der Waals surface area (Å²) in [6.07, 6.45) is 3.52. The molecule has 3 rings (SSSR count). The molecule has 1 aromatic carbocycles. The third kappa shape index (κ3) is 3.48. The highest BCUT2D eigenvalue weighted by molar-refractivity contribution is 7.80. The van der Waals surface area contributed by atoms with Gasteiger partial charge in [-0.25, -0.2) is 0 Å². The number of benzene rings is 1. The van der Waals surface area contributed by atoms with Gasteiger partial charge in [0.25, 0.3) is 5.91 Å². The van der Waals surface area contributed by atoms with E-state index in [0.717, 1.165) is 12.8 Å². The van der Waals surface area contributed by atoms with Crippen LogP contribution < -0.4 is 14.8 Å². The number of carbonyl (C=O) groups is 1. The van der Waals surface area contributed by atoms with Gasteiger partial charge in [0.2, 0.25) is 0 Å². The summed E-state index contributed by atoms with van der Waals surface area (Å²) in [4.78, 5) is 14.0. The van der Waals surface area contributed by atoms with Crippen LogP contribution in [0.2, 0.25) is 0 Å². The Hall–Kier alpha value is -2.22. The van der Waals surface area contributed by atoms with Gasteiger partial charge in [-0.1, -0.05) is 6.07 Å². The molecule has 0 bridgehead atoms. The molecule has 0 unspecified atom stereocenters. The van der Waals surface area contributed by atoms with Crippen molar-refractivity contribution in [1.29, 1.82) is 0 Å². The normalized spacial score (nSPS) is 19.2. The molecule has 128 valence electrons. The van der Waals surface area contributed by atoms with E-state index in [0.29, 0.717) is 23.0 Å². The van der Waals surface area contributed by atoms with Crippen molar-refractivity contribution in [3.63, 3.8) is 0 Å². The number of ether oxygens (including phenoxy) is 2. The van der Waals surface area contributed by atoms with Crippen LogP contribution in [0.1, 0.15) is 25.3 Å². The molecule has 8 heteroatoms. The third-order valence-electron chi connectivity index (χ3n) is 3.62. The summed E-state index contributed by atoms with van der Waals surface area (Å²) < 4.78 is 34.6. The Morgan fingerprint density at radius 2 is 2.17 bits per heavy atom. The van der Waals surface area contributed by atoms with Gasteiger partial charge in [0, 0.05) is 6.04 Å². The van der Waals surface area contributed by atoms with Crippen LogP contribution in [-0.2, 0) is 4.79 Å². The van der Waals surface area contributed by atoms with Gasteiger partial charge in [0.15, 0.2) is 16.6 Å². The molecule has 5 nitrogen and oxygen atoms in total. The maximum absolute atomic E-state index is 12.4. The van der Waals surface area contributed by atoms with E-state index < -0.39 is 6.61 Å². The van der Waals surface area contributed by atoms with Gasteiger partial charge in [-0.15, -0.1) is 0 Å². The lowest BCUT2D eigenvalue weighted by Crippen LogP contribution is -2.32. The number of halogens is 2. The Morgan fingerprint density at radius 3 is 2.79 bits per heavy atom. The van der Waals surface area contributed by atoms with E-state index >= 15 is 0 Å². The monoisotopic (exact) mass is 354 g/mol. The van der Waals surface area contributed by atoms with Crippen molar-refractivity contribution in [2.24, 2.45) is 0 Å². The minimum absolute atomic E-state index is 0.0464. The quantitative estimate of drug-likeness (QED) is 0.629. The maximum atomic E-state index is 12.4. The Morgan fingerprint density at radius 1 is 1.42 bits per heavy atom. The van der Waals surface area contributed by atoms with Crippen molar-refractivity contribution in [3.8, 4) is 11.5 Å². The summed E-state index contributed by atoms with van der Waals surface area (Å²) in [5, 5.41) is 3.30. The minimum Gasteiger partial charge on any atom is -0.490 e. The summed E-state index contributed by atoms with van der Waals surface area (Å²) in [5.41, 5.74) is 0.980. The summed E-state index contributed by atoms with van der Waals surface area (Å²) in [6.45, 7) is -0.891. The molecule has 1 N–H and O–H groups in total. The third-order valence-corrected chi connectivity index (χ3v) is 3.92. The van der Waals surface area contributed by atoms with Gasteiger partial charge in [0.05, 0.1) is 6.61 Å². The van der Waals surface area contributed by atoms with Crippen LogP contribution in [0.3, 0.4) is 0 Å². The molecule has 1 aromatic rings. The molecule has 24 heavy (non-hydrogen) atoms. The lowest BCUT2D eigenvalue weighted by Gasteiger charge is -2.12. The lowest BCUT2D eigenvalue weighted by atomic mass is 10.1. The van der Waals surface area contributed by atoms with E-state index in [1.165, 1.54) is 6.07 Å². The zero-order valence-electron chi connectivity index (χ0n) is 12.9. The molecule has 0 atom stereocenters. The number of rotatable bonds is 6. The number of hydrogen-bond acceptors (Lipinski definition) is 4. The van der Waals surface area contributed by atoms with E-state index in [4.69, 9.17) is 17.0 Å². The van der Waals surface area contributed by atoms with E-state index in [1.807, 2.05) is 0 Å². The molecule has 2 fully saturated rings. The maximum Gasteiger partial charge on any atom is 0.387 e. The largest absolute Gasteiger partial charge is 0.490 e. The molecule has 1 saturated heterocycles. The molecule has 1 heterocycles. The second-order valence-corrected chi connectivity index (χ2v) is 5.80. The molecule has 1 aliphatic heterocycles. The van der Waals surface area contributed by atoms with Gasteiger partial charge >= 0.3 is 6.61 Å². The van der Waals surface area contributed by atoms with Gasteiger partial charge in [0.1, 0.15) is 5.70 Å². The van der Waals surface area contributed by atoms with Crippen LogP contribution in [0, 0.1) is 0 Å². The van der Waals surface area contributed by atoms with Gasteiger partial charge in [-0.05, 0) is 55.8 Å². The van der Waals surface area contributed by atoms with Crippen molar-refractivity contribution in [2.45, 2.75) is 32.4 Å². The Bertz CT molecular complexity index is 705. The van der Waals surface area contributed by atoms with Crippen LogP contribution in [0.4, 0.5) is 8.78 Å². The smallest absolute Gasteiger partial charge is 0.387 e. The highest BCUT2D eigenvalue weighted by atomic mass is 32.1. The first kappa shape index (κ1) is 16.6. The first-order valence-electron chi connectivity index (χ1n) is 7.57. The fourth-order valence-electron chi connectivity index (χ4n) is 2.46. The number of alkyl halides is 2. The van der Waals surface area contributed by atoms with Gasteiger partial charge in [-0.2, -0.15) is 8.78 Å². The molecule has 1 aliphatic carbocycles. The fourth-order valence-corrected chi connectivity index (χ4v) is 2.80. The van der Waals surface area contributed by atoms with Crippen LogP contribution in [0.5, 0.6) is 11.5 Å². The van der Waals surface area contributed by atoms with Crippen molar-refractivity contribution < 1.29 is 23.0 Å². The predicted octanol–water partition coefficient (Wildman–Crippen LogP) is 2.91. The Labute approximate surface area is 143 Å². The Balaban J connectivity index is 1.85. The average molecular weight is 354 g/mol. The van der Waals surface area contributed by atoms with E-state index in [1.54, 1.807) is 30.0 Å². The van der Waals surface area contributed by atoms with Crippen molar-refractivity contribution in [1.82, 2.24) is 10.2 Å². The molecular formula is C16H16F2N2O3S. The molecule has 2 aliphatic rings. The van der Waals surface area contributed by atoms with E-state index in [2.05, 4.69) is 10.1 Å². The zero-order valence-corrected chi connectivity index (χ0v) is 13.7. The Kier molecular flexibility index (Phi) is 4.66. The summed E-state index contributed by atoms with van der Waals surface area (Å²) in [5.74, 6) is -0.0255. The molecule has 0 spiro atoms. The van der Waals surface area contributed by atoms with Gasteiger partial charge in [-0.3, -0.25) is 9.69 Å². The molecule has 0 aromatic heterocycles. The zero-order chi connectivity index (χ0) is 17.3. The minimum atomic E-state index is -2.93. The number of carbonyl (C=O) groups excluding carboxylic acids is 1. The summed E-state index contributed by atoms with van der Waals surface area (Å²) >= 11 is 5.19. The SMILES string of the molecule is CCOc1cc(/C=C2/NC(=S)N(C3CC3)C2=O)ccc1OC(F)F. The van der Waals surface area contributed by atoms with Crippen molar-refractivity contribution >= 4 is 29.3 Å². The molecule has 1 saturated carbocycles. The van der Waals surface area contributed by atoms with E-state index in [9.17, 15) is 13.6 Å². The second kappa shape index (κ2) is 6.72. The number of hydrogen-bond donors (Lipinski definition) is 1. The second-order valence-electron chi connectivity index (χ2n) is 5.41. The number of amides is 1. The molecule has 0 radical (unpaired) electrons. The first-order valence-corrected chi connectivity index (χ1v) is 7.98. The highest BCUT2D eigenvalue weighted by Crippen LogP contribution is 2.33. The lowest BCUT2D eigenvalue weighted by molar-refractivity contribution is -0.122. The number of nitrogens with one attached hydrogen (secondary N) is 1. The average Bonchev–Trinajstić information content (AvgIpc) is 3.29. The fraction of sp³-hybridized carbons (Fsp3) is 0.375.